The normalized spacial score (nSPS) is 17.2. The summed E-state index contributed by atoms with van der Waals surface area (Å²) in [6.07, 6.45) is 3.48. The van der Waals surface area contributed by atoms with Gasteiger partial charge in [0.05, 0.1) is 5.69 Å². The van der Waals surface area contributed by atoms with Gasteiger partial charge in [-0.1, -0.05) is 13.3 Å². The number of aromatic nitrogens is 1. The van der Waals surface area contributed by atoms with Crippen LogP contribution in [0.2, 0.25) is 0 Å². The monoisotopic (exact) mass is 271 g/mol. The molecule has 1 aromatic heterocycles. The van der Waals surface area contributed by atoms with Crippen molar-refractivity contribution >= 4 is 28.2 Å². The summed E-state index contributed by atoms with van der Waals surface area (Å²) in [5, 5.41) is 1.19. The summed E-state index contributed by atoms with van der Waals surface area (Å²) in [4.78, 5) is 8.50. The van der Waals surface area contributed by atoms with Gasteiger partial charge >= 0.3 is 0 Å². The Morgan fingerprint density at radius 2 is 2.24 bits per heavy atom. The van der Waals surface area contributed by atoms with E-state index in [1.807, 2.05) is 0 Å². The number of thiazole rings is 1. The summed E-state index contributed by atoms with van der Waals surface area (Å²) in [5.74, 6) is 2.51. The highest BCUT2D eigenvalue weighted by Crippen LogP contribution is 2.28. The first-order valence-electron chi connectivity index (χ1n) is 6.36. The van der Waals surface area contributed by atoms with E-state index in [1.54, 1.807) is 11.3 Å². The molecule has 0 unspecified atom stereocenters. The van der Waals surface area contributed by atoms with Crippen LogP contribution in [0.15, 0.2) is 0 Å². The second kappa shape index (κ2) is 6.61. The topological polar surface area (TPSA) is 42.2 Å². The quantitative estimate of drug-likeness (QED) is 0.913. The summed E-state index contributed by atoms with van der Waals surface area (Å²) in [6, 6.07) is 0. The summed E-state index contributed by atoms with van der Waals surface area (Å²) in [6.45, 7) is 5.11. The van der Waals surface area contributed by atoms with Crippen LogP contribution in [-0.4, -0.2) is 29.6 Å². The van der Waals surface area contributed by atoms with Crippen LogP contribution >= 0.6 is 23.1 Å². The van der Waals surface area contributed by atoms with Gasteiger partial charge in [-0.3, -0.25) is 0 Å². The van der Waals surface area contributed by atoms with E-state index in [9.17, 15) is 0 Å². The predicted octanol–water partition coefficient (Wildman–Crippen LogP) is 2.50. The van der Waals surface area contributed by atoms with E-state index in [-0.39, 0.29) is 0 Å². The fraction of sp³-hybridized carbons (Fsp3) is 0.750. The van der Waals surface area contributed by atoms with Crippen molar-refractivity contribution in [2.24, 2.45) is 5.73 Å². The van der Waals surface area contributed by atoms with Crippen molar-refractivity contribution in [3.8, 4) is 0 Å². The largest absolute Gasteiger partial charge is 0.347 e. The Morgan fingerprint density at radius 1 is 1.35 bits per heavy atom. The third kappa shape index (κ3) is 3.36. The molecule has 1 aromatic rings. The molecular weight excluding hydrogens is 250 g/mol. The SMILES string of the molecule is CCCc1nc(N2CCCSCC2)sc1CN. The molecule has 17 heavy (non-hydrogen) atoms. The number of nitrogens with zero attached hydrogens (tertiary/aromatic N) is 2. The molecule has 0 radical (unpaired) electrons. The molecule has 0 saturated carbocycles. The molecule has 96 valence electrons. The zero-order chi connectivity index (χ0) is 12.1. The van der Waals surface area contributed by atoms with E-state index in [0.717, 1.165) is 25.9 Å². The Bertz CT molecular complexity index is 344. The van der Waals surface area contributed by atoms with E-state index in [2.05, 4.69) is 23.6 Å². The fourth-order valence-corrected chi connectivity index (χ4v) is 3.96. The molecule has 0 aromatic carbocycles. The number of anilines is 1. The lowest BCUT2D eigenvalue weighted by atomic mass is 10.2. The second-order valence-corrected chi connectivity index (χ2v) is 6.56. The van der Waals surface area contributed by atoms with Crippen molar-refractivity contribution in [3.63, 3.8) is 0 Å². The Labute approximate surface area is 112 Å². The smallest absolute Gasteiger partial charge is 0.185 e. The Balaban J connectivity index is 2.13. The predicted molar refractivity (Wildman–Crippen MR) is 78.2 cm³/mol. The van der Waals surface area contributed by atoms with Crippen LogP contribution in [0.25, 0.3) is 0 Å². The highest BCUT2D eigenvalue weighted by Gasteiger charge is 2.16. The molecule has 0 spiro atoms. The van der Waals surface area contributed by atoms with Crippen molar-refractivity contribution in [3.05, 3.63) is 10.6 Å². The molecule has 5 heteroatoms. The molecule has 1 aliphatic rings. The molecule has 0 atom stereocenters. The van der Waals surface area contributed by atoms with Gasteiger partial charge in [-0.05, 0) is 18.6 Å². The van der Waals surface area contributed by atoms with Gasteiger partial charge in [-0.2, -0.15) is 11.8 Å². The van der Waals surface area contributed by atoms with Crippen LogP contribution in [0, 0.1) is 0 Å². The highest BCUT2D eigenvalue weighted by atomic mass is 32.2. The molecule has 3 nitrogen and oxygen atoms in total. The molecule has 0 aliphatic carbocycles. The molecule has 1 fully saturated rings. The van der Waals surface area contributed by atoms with Gasteiger partial charge in [0.25, 0.3) is 0 Å². The standard InChI is InChI=1S/C12H21N3S2/c1-2-4-10-11(9-13)17-12(14-10)15-5-3-7-16-8-6-15/h2-9,13H2,1H3. The van der Waals surface area contributed by atoms with E-state index in [1.165, 1.54) is 33.6 Å². The molecule has 1 aliphatic heterocycles. The fourth-order valence-electron chi connectivity index (χ4n) is 2.03. The minimum atomic E-state index is 0.635. The number of aryl methyl sites for hydroxylation is 1. The van der Waals surface area contributed by atoms with E-state index in [4.69, 9.17) is 10.7 Å². The van der Waals surface area contributed by atoms with Crippen LogP contribution in [0.1, 0.15) is 30.3 Å². The summed E-state index contributed by atoms with van der Waals surface area (Å²) < 4.78 is 0. The Hall–Kier alpha value is -0.260. The number of thioether (sulfide) groups is 1. The average Bonchev–Trinajstić information content (AvgIpc) is 2.58. The minimum absolute atomic E-state index is 0.635. The molecule has 2 heterocycles. The molecular formula is C12H21N3S2. The van der Waals surface area contributed by atoms with Crippen molar-refractivity contribution in [1.82, 2.24) is 4.98 Å². The maximum absolute atomic E-state index is 5.80. The van der Waals surface area contributed by atoms with Crippen LogP contribution < -0.4 is 10.6 Å². The summed E-state index contributed by atoms with van der Waals surface area (Å²) >= 11 is 3.85. The molecule has 0 amide bonds. The van der Waals surface area contributed by atoms with Gasteiger partial charge in [0.15, 0.2) is 5.13 Å². The highest BCUT2D eigenvalue weighted by molar-refractivity contribution is 7.99. The number of rotatable bonds is 4. The zero-order valence-corrected chi connectivity index (χ0v) is 12.1. The van der Waals surface area contributed by atoms with Gasteiger partial charge in [0.2, 0.25) is 0 Å². The first-order chi connectivity index (χ1) is 8.35. The third-order valence-electron chi connectivity index (χ3n) is 2.93. The number of hydrogen-bond acceptors (Lipinski definition) is 5. The average molecular weight is 271 g/mol. The lowest BCUT2D eigenvalue weighted by molar-refractivity contribution is 0.802. The van der Waals surface area contributed by atoms with Gasteiger partial charge in [0, 0.05) is 30.3 Å². The van der Waals surface area contributed by atoms with E-state index in [0.29, 0.717) is 6.54 Å². The maximum atomic E-state index is 5.80. The second-order valence-electron chi connectivity index (χ2n) is 4.27. The first kappa shape index (κ1) is 13.2. The molecule has 1 saturated heterocycles. The Morgan fingerprint density at radius 3 is 3.00 bits per heavy atom. The molecule has 2 rings (SSSR count). The van der Waals surface area contributed by atoms with Crippen molar-refractivity contribution in [2.75, 3.05) is 29.5 Å². The third-order valence-corrected chi connectivity index (χ3v) is 5.16. The maximum Gasteiger partial charge on any atom is 0.185 e. The van der Waals surface area contributed by atoms with Crippen molar-refractivity contribution in [2.45, 2.75) is 32.7 Å². The van der Waals surface area contributed by atoms with Crippen LogP contribution in [0.3, 0.4) is 0 Å². The summed E-state index contributed by atoms with van der Waals surface area (Å²) in [7, 11) is 0. The van der Waals surface area contributed by atoms with Crippen LogP contribution in [0.4, 0.5) is 5.13 Å². The van der Waals surface area contributed by atoms with Crippen molar-refractivity contribution in [1.29, 1.82) is 0 Å². The number of nitrogens with two attached hydrogens (primary N) is 1. The van der Waals surface area contributed by atoms with E-state index >= 15 is 0 Å². The lowest BCUT2D eigenvalue weighted by Crippen LogP contribution is -2.25. The van der Waals surface area contributed by atoms with Gasteiger partial charge in [-0.25, -0.2) is 4.98 Å². The first-order valence-corrected chi connectivity index (χ1v) is 8.33. The minimum Gasteiger partial charge on any atom is -0.347 e. The lowest BCUT2D eigenvalue weighted by Gasteiger charge is -2.18. The van der Waals surface area contributed by atoms with Crippen molar-refractivity contribution < 1.29 is 0 Å². The van der Waals surface area contributed by atoms with Gasteiger partial charge in [-0.15, -0.1) is 11.3 Å². The van der Waals surface area contributed by atoms with Crippen LogP contribution in [0.5, 0.6) is 0 Å². The molecule has 2 N–H and O–H groups in total. The van der Waals surface area contributed by atoms with Crippen LogP contribution in [-0.2, 0) is 13.0 Å². The molecule has 0 bridgehead atoms. The van der Waals surface area contributed by atoms with Gasteiger partial charge < -0.3 is 10.6 Å². The zero-order valence-electron chi connectivity index (χ0n) is 10.4. The number of hydrogen-bond donors (Lipinski definition) is 1. The van der Waals surface area contributed by atoms with Gasteiger partial charge in [0.1, 0.15) is 0 Å². The Kier molecular flexibility index (Phi) is 5.13. The van der Waals surface area contributed by atoms with E-state index < -0.39 is 0 Å². The summed E-state index contributed by atoms with van der Waals surface area (Å²) in [5.41, 5.74) is 7.03.